The van der Waals surface area contributed by atoms with Gasteiger partial charge >= 0.3 is 0 Å². The van der Waals surface area contributed by atoms with Gasteiger partial charge in [-0.3, -0.25) is 9.69 Å². The minimum Gasteiger partial charge on any atom is -0.495 e. The fourth-order valence-corrected chi connectivity index (χ4v) is 3.81. The molecule has 150 valence electrons. The first-order chi connectivity index (χ1) is 13.5. The highest BCUT2D eigenvalue weighted by Crippen LogP contribution is 2.33. The highest BCUT2D eigenvalue weighted by molar-refractivity contribution is 6.48. The van der Waals surface area contributed by atoms with Crippen molar-refractivity contribution in [1.29, 1.82) is 0 Å². The zero-order chi connectivity index (χ0) is 20.1. The second kappa shape index (κ2) is 9.70. The highest BCUT2D eigenvalue weighted by Gasteiger charge is 2.20. The summed E-state index contributed by atoms with van der Waals surface area (Å²) in [4.78, 5) is 16.8. The van der Waals surface area contributed by atoms with E-state index in [2.05, 4.69) is 21.2 Å². The molecule has 2 aromatic rings. The molecule has 3 rings (SSSR count). The lowest BCUT2D eigenvalue weighted by Gasteiger charge is -2.36. The quantitative estimate of drug-likeness (QED) is 0.652. The number of nitrogens with zero attached hydrogens (tertiary/aromatic N) is 2. The van der Waals surface area contributed by atoms with E-state index in [4.69, 9.17) is 39.5 Å². The highest BCUT2D eigenvalue weighted by atomic mass is 35.5. The Hall–Kier alpha value is -1.66. The predicted molar refractivity (Wildman–Crippen MR) is 116 cm³/mol. The molecule has 0 aliphatic carbocycles. The van der Waals surface area contributed by atoms with Crippen molar-refractivity contribution in [2.45, 2.75) is 6.42 Å². The fraction of sp³-hybridized carbons (Fsp3) is 0.350. The lowest BCUT2D eigenvalue weighted by atomic mass is 10.2. The van der Waals surface area contributed by atoms with Crippen LogP contribution in [0.2, 0.25) is 15.1 Å². The summed E-state index contributed by atoms with van der Waals surface area (Å²) in [5.74, 6) is 0.803. The number of nitrogens with one attached hydrogen (secondary N) is 1. The number of hydrogen-bond donors (Lipinski definition) is 1. The van der Waals surface area contributed by atoms with Crippen LogP contribution >= 0.6 is 34.8 Å². The number of carbonyl (C=O) groups is 1. The van der Waals surface area contributed by atoms with E-state index in [9.17, 15) is 4.79 Å². The Kier molecular flexibility index (Phi) is 7.30. The van der Waals surface area contributed by atoms with Crippen LogP contribution in [0.5, 0.6) is 5.75 Å². The van der Waals surface area contributed by atoms with Gasteiger partial charge in [0.15, 0.2) is 0 Å². The van der Waals surface area contributed by atoms with Crippen molar-refractivity contribution in [3.05, 3.63) is 51.5 Å². The maximum Gasteiger partial charge on any atom is 0.225 e. The molecule has 0 unspecified atom stereocenters. The Morgan fingerprint density at radius 1 is 1.07 bits per heavy atom. The number of ether oxygens (including phenoxy) is 1. The van der Waals surface area contributed by atoms with E-state index in [-0.39, 0.29) is 10.9 Å². The first kappa shape index (κ1) is 21.1. The van der Waals surface area contributed by atoms with Gasteiger partial charge in [-0.1, -0.05) is 46.9 Å². The molecule has 8 heteroatoms. The molecule has 0 spiro atoms. The topological polar surface area (TPSA) is 44.8 Å². The van der Waals surface area contributed by atoms with E-state index in [1.807, 2.05) is 18.2 Å². The van der Waals surface area contributed by atoms with Gasteiger partial charge in [-0.25, -0.2) is 0 Å². The summed E-state index contributed by atoms with van der Waals surface area (Å²) in [7, 11) is 1.69. The summed E-state index contributed by atoms with van der Waals surface area (Å²) in [6.07, 6.45) is 0.395. The SMILES string of the molecule is COc1ccccc1N1CCN(CCC(=O)Nc2cc(Cl)c(Cl)c(Cl)c2)CC1. The largest absolute Gasteiger partial charge is 0.495 e. The van der Waals surface area contributed by atoms with Crippen molar-refractivity contribution < 1.29 is 9.53 Å². The summed E-state index contributed by atoms with van der Waals surface area (Å²) in [6, 6.07) is 11.2. The number of carbonyl (C=O) groups excluding carboxylic acids is 1. The van der Waals surface area contributed by atoms with Gasteiger partial charge in [-0.2, -0.15) is 0 Å². The molecule has 1 saturated heterocycles. The average Bonchev–Trinajstić information content (AvgIpc) is 2.71. The number of hydrogen-bond acceptors (Lipinski definition) is 4. The Balaban J connectivity index is 1.47. The van der Waals surface area contributed by atoms with Crippen LogP contribution in [0.3, 0.4) is 0 Å². The Bertz CT molecular complexity index is 816. The molecule has 1 aliphatic heterocycles. The molecule has 0 radical (unpaired) electrons. The van der Waals surface area contributed by atoms with Gasteiger partial charge in [0.2, 0.25) is 5.91 Å². The summed E-state index contributed by atoms with van der Waals surface area (Å²) in [6.45, 7) is 4.27. The van der Waals surface area contributed by atoms with Gasteiger partial charge in [-0.05, 0) is 24.3 Å². The van der Waals surface area contributed by atoms with E-state index in [1.54, 1.807) is 19.2 Å². The number of piperazine rings is 1. The minimum absolute atomic E-state index is 0.0818. The third-order valence-corrected chi connectivity index (χ3v) is 5.92. The second-order valence-electron chi connectivity index (χ2n) is 6.55. The molecule has 1 N–H and O–H groups in total. The predicted octanol–water partition coefficient (Wildman–Crippen LogP) is 4.81. The number of methoxy groups -OCH3 is 1. The van der Waals surface area contributed by atoms with Crippen LogP contribution in [0.4, 0.5) is 11.4 Å². The third kappa shape index (κ3) is 5.23. The van der Waals surface area contributed by atoms with E-state index in [0.717, 1.165) is 37.6 Å². The monoisotopic (exact) mass is 441 g/mol. The normalized spacial score (nSPS) is 14.8. The summed E-state index contributed by atoms with van der Waals surface area (Å²) in [5, 5.41) is 3.74. The molecular formula is C20H22Cl3N3O2. The zero-order valence-electron chi connectivity index (χ0n) is 15.6. The smallest absolute Gasteiger partial charge is 0.225 e. The molecule has 2 aromatic carbocycles. The second-order valence-corrected chi connectivity index (χ2v) is 7.74. The molecule has 0 saturated carbocycles. The van der Waals surface area contributed by atoms with Crippen molar-refractivity contribution in [2.75, 3.05) is 50.1 Å². The van der Waals surface area contributed by atoms with Gasteiger partial charge in [0, 0.05) is 44.8 Å². The van der Waals surface area contributed by atoms with Crippen LogP contribution in [-0.4, -0.2) is 50.6 Å². The Morgan fingerprint density at radius 2 is 1.71 bits per heavy atom. The van der Waals surface area contributed by atoms with Crippen molar-refractivity contribution in [2.24, 2.45) is 0 Å². The zero-order valence-corrected chi connectivity index (χ0v) is 17.8. The number of halogens is 3. The van der Waals surface area contributed by atoms with Crippen molar-refractivity contribution >= 4 is 52.1 Å². The lowest BCUT2D eigenvalue weighted by molar-refractivity contribution is -0.116. The minimum atomic E-state index is -0.0818. The van der Waals surface area contributed by atoms with Crippen LogP contribution < -0.4 is 15.0 Å². The third-order valence-electron chi connectivity index (χ3n) is 4.72. The van der Waals surface area contributed by atoms with Crippen LogP contribution in [-0.2, 0) is 4.79 Å². The van der Waals surface area contributed by atoms with Crippen molar-refractivity contribution in [3.63, 3.8) is 0 Å². The number of benzene rings is 2. The maximum atomic E-state index is 12.2. The van der Waals surface area contributed by atoms with Gasteiger partial charge in [0.25, 0.3) is 0 Å². The molecule has 1 aliphatic rings. The summed E-state index contributed by atoms with van der Waals surface area (Å²) in [5.41, 5.74) is 1.66. The molecule has 0 aromatic heterocycles. The van der Waals surface area contributed by atoms with Gasteiger partial charge < -0.3 is 15.0 Å². The summed E-state index contributed by atoms with van der Waals surface area (Å²) >= 11 is 17.9. The standard InChI is InChI=1S/C20H22Cl3N3O2/c1-28-18-5-3-2-4-17(18)26-10-8-25(9-11-26)7-6-19(27)24-14-12-15(21)20(23)16(22)13-14/h2-5,12-13H,6-11H2,1H3,(H,24,27). The maximum absolute atomic E-state index is 12.2. The molecule has 1 amide bonds. The van der Waals surface area contributed by atoms with Crippen LogP contribution in [0.1, 0.15) is 6.42 Å². The molecule has 28 heavy (non-hydrogen) atoms. The molecule has 1 heterocycles. The summed E-state index contributed by atoms with van der Waals surface area (Å²) < 4.78 is 5.45. The van der Waals surface area contributed by atoms with E-state index in [1.165, 1.54) is 0 Å². The van der Waals surface area contributed by atoms with Crippen molar-refractivity contribution in [3.8, 4) is 5.75 Å². The fourth-order valence-electron chi connectivity index (χ4n) is 3.21. The van der Waals surface area contributed by atoms with Gasteiger partial charge in [0.05, 0.1) is 27.9 Å². The van der Waals surface area contributed by atoms with Crippen LogP contribution in [0.15, 0.2) is 36.4 Å². The number of para-hydroxylation sites is 2. The molecule has 0 bridgehead atoms. The molecular weight excluding hydrogens is 421 g/mol. The first-order valence-corrected chi connectivity index (χ1v) is 10.2. The van der Waals surface area contributed by atoms with Crippen LogP contribution in [0.25, 0.3) is 0 Å². The first-order valence-electron chi connectivity index (χ1n) is 9.02. The molecule has 1 fully saturated rings. The number of amides is 1. The lowest BCUT2D eigenvalue weighted by Crippen LogP contribution is -2.47. The number of anilines is 2. The van der Waals surface area contributed by atoms with Crippen molar-refractivity contribution in [1.82, 2.24) is 4.90 Å². The molecule has 0 atom stereocenters. The van der Waals surface area contributed by atoms with E-state index < -0.39 is 0 Å². The number of rotatable bonds is 6. The molecule has 5 nitrogen and oxygen atoms in total. The average molecular weight is 443 g/mol. The van der Waals surface area contributed by atoms with E-state index >= 15 is 0 Å². The van der Waals surface area contributed by atoms with Crippen LogP contribution in [0, 0.1) is 0 Å². The Labute approximate surface area is 180 Å². The van der Waals surface area contributed by atoms with E-state index in [0.29, 0.717) is 28.7 Å². The van der Waals surface area contributed by atoms with Gasteiger partial charge in [0.1, 0.15) is 5.75 Å². The van der Waals surface area contributed by atoms with Gasteiger partial charge in [-0.15, -0.1) is 0 Å². The Morgan fingerprint density at radius 3 is 2.36 bits per heavy atom.